The first-order chi connectivity index (χ1) is 42.9. The topological polar surface area (TPSA) is 111 Å². The average molecular weight is 1240 g/mol. The number of nitrogens with one attached hydrogen (secondary N) is 1. The van der Waals surface area contributed by atoms with Crippen LogP contribution in [0.1, 0.15) is 297 Å². The Morgan fingerprint density at radius 2 is 0.727 bits per heavy atom. The number of unbranched alkanes of at least 4 members (excludes halogenated alkanes) is 28. The zero-order valence-corrected chi connectivity index (χ0v) is 58.6. The van der Waals surface area contributed by atoms with Crippen LogP contribution in [0.15, 0.2) is 134 Å². The summed E-state index contributed by atoms with van der Waals surface area (Å²) in [5.41, 5.74) is 0. The summed E-state index contributed by atoms with van der Waals surface area (Å²) in [6.45, 7) is 6.86. The van der Waals surface area contributed by atoms with Gasteiger partial charge in [0.2, 0.25) is 5.91 Å². The lowest BCUT2D eigenvalue weighted by atomic mass is 10.0. The fourth-order valence-electron chi connectivity index (χ4n) is 9.81. The van der Waals surface area contributed by atoms with Crippen molar-refractivity contribution in [1.29, 1.82) is 0 Å². The molecule has 9 nitrogen and oxygen atoms in total. The highest BCUT2D eigenvalue weighted by molar-refractivity contribution is 7.47. The summed E-state index contributed by atoms with van der Waals surface area (Å²) in [7, 11) is 1.47. The maximum atomic E-state index is 13.6. The van der Waals surface area contributed by atoms with E-state index in [-0.39, 0.29) is 31.5 Å². The molecule has 0 aliphatic carbocycles. The number of phosphoric acid groups is 1. The van der Waals surface area contributed by atoms with Crippen LogP contribution in [0.5, 0.6) is 0 Å². The Balaban J connectivity index is 5.13. The Kier molecular flexibility index (Phi) is 63.2. The number of nitrogens with zero attached hydrogens (tertiary/aromatic N) is 1. The summed E-state index contributed by atoms with van der Waals surface area (Å²) in [5, 5.41) is 3.06. The van der Waals surface area contributed by atoms with Crippen LogP contribution in [0.2, 0.25) is 0 Å². The van der Waals surface area contributed by atoms with Crippen LogP contribution in [0, 0.1) is 0 Å². The number of amides is 1. The molecule has 0 spiro atoms. The minimum Gasteiger partial charge on any atom is -0.456 e. The molecular weight excluding hydrogens is 1110 g/mol. The number of hydrogen-bond acceptors (Lipinski definition) is 6. The number of quaternary nitrogens is 1. The van der Waals surface area contributed by atoms with Crippen LogP contribution in [0.4, 0.5) is 0 Å². The number of allylic oxidation sites excluding steroid dienone is 21. The molecule has 3 unspecified atom stereocenters. The molecule has 88 heavy (non-hydrogen) atoms. The Labute approximate surface area is 543 Å². The van der Waals surface area contributed by atoms with Crippen LogP contribution >= 0.6 is 7.82 Å². The molecule has 0 aromatic carbocycles. The van der Waals surface area contributed by atoms with Gasteiger partial charge >= 0.3 is 13.8 Å². The third kappa shape index (κ3) is 66.6. The SMILES string of the molecule is CC/C=C\C/C=C\C/C=C\C/C=C\C/C=C\C/C=C\CCCCCCCCC(=O)NC(COP(=O)(O)OCC[N+](C)(C)C)C(/C=C/CCCCCCCCCCCC)OC(=O)CCCCCCCCCCC/C=C\C/C=C\C/C=C\C/C=C\CCCCC. The summed E-state index contributed by atoms with van der Waals surface area (Å²) in [4.78, 5) is 37.9. The fourth-order valence-corrected chi connectivity index (χ4v) is 10.5. The van der Waals surface area contributed by atoms with Gasteiger partial charge in [-0.05, 0) is 128 Å². The normalized spacial score (nSPS) is 14.3. The van der Waals surface area contributed by atoms with Crippen molar-refractivity contribution in [2.24, 2.45) is 0 Å². The molecule has 0 heterocycles. The van der Waals surface area contributed by atoms with E-state index in [0.717, 1.165) is 154 Å². The van der Waals surface area contributed by atoms with Crippen molar-refractivity contribution >= 4 is 19.7 Å². The Morgan fingerprint density at radius 1 is 0.409 bits per heavy atom. The first-order valence-corrected chi connectivity index (χ1v) is 37.5. The largest absolute Gasteiger partial charge is 0.472 e. The van der Waals surface area contributed by atoms with Gasteiger partial charge in [-0.3, -0.25) is 18.6 Å². The van der Waals surface area contributed by atoms with Crippen molar-refractivity contribution in [3.63, 3.8) is 0 Å². The number of carbonyl (C=O) groups is 2. The minimum absolute atomic E-state index is 0.0291. The van der Waals surface area contributed by atoms with E-state index in [1.54, 1.807) is 0 Å². The molecular formula is C78H136N2O7P+. The second-order valence-corrected chi connectivity index (χ2v) is 26.5. The second-order valence-electron chi connectivity index (χ2n) is 25.0. The number of hydrogen-bond donors (Lipinski definition) is 2. The third-order valence-corrected chi connectivity index (χ3v) is 16.3. The Morgan fingerprint density at radius 3 is 1.11 bits per heavy atom. The van der Waals surface area contributed by atoms with Crippen molar-refractivity contribution in [3.8, 4) is 0 Å². The number of rotatable bonds is 64. The lowest BCUT2D eigenvalue weighted by Crippen LogP contribution is -2.47. The molecule has 504 valence electrons. The van der Waals surface area contributed by atoms with E-state index in [1.165, 1.54) is 109 Å². The van der Waals surface area contributed by atoms with E-state index >= 15 is 0 Å². The van der Waals surface area contributed by atoms with Gasteiger partial charge in [0, 0.05) is 12.8 Å². The van der Waals surface area contributed by atoms with Crippen molar-refractivity contribution in [3.05, 3.63) is 134 Å². The maximum absolute atomic E-state index is 13.6. The number of esters is 1. The first-order valence-electron chi connectivity index (χ1n) is 36.0. The van der Waals surface area contributed by atoms with Crippen molar-refractivity contribution in [2.75, 3.05) is 40.9 Å². The molecule has 3 atom stereocenters. The number of phosphoric ester groups is 1. The van der Waals surface area contributed by atoms with Gasteiger partial charge in [0.05, 0.1) is 33.8 Å². The lowest BCUT2D eigenvalue weighted by molar-refractivity contribution is -0.870. The summed E-state index contributed by atoms with van der Waals surface area (Å²) < 4.78 is 30.8. The molecule has 1 amide bonds. The quantitative estimate of drug-likeness (QED) is 0.0205. The van der Waals surface area contributed by atoms with Crippen LogP contribution < -0.4 is 5.32 Å². The Bertz CT molecular complexity index is 1970. The molecule has 0 aromatic rings. The predicted octanol–water partition coefficient (Wildman–Crippen LogP) is 23.2. The molecule has 0 aliphatic heterocycles. The van der Waals surface area contributed by atoms with E-state index in [1.807, 2.05) is 33.3 Å². The summed E-state index contributed by atoms with van der Waals surface area (Å²) in [6.07, 6.45) is 94.6. The van der Waals surface area contributed by atoms with Gasteiger partial charge in [-0.15, -0.1) is 0 Å². The van der Waals surface area contributed by atoms with Gasteiger partial charge < -0.3 is 19.4 Å². The monoisotopic (exact) mass is 1240 g/mol. The van der Waals surface area contributed by atoms with Crippen molar-refractivity contribution < 1.29 is 37.3 Å². The van der Waals surface area contributed by atoms with Crippen LogP contribution in [-0.2, 0) is 27.9 Å². The van der Waals surface area contributed by atoms with Gasteiger partial charge in [-0.25, -0.2) is 4.57 Å². The Hall–Kier alpha value is -3.85. The minimum atomic E-state index is -4.47. The van der Waals surface area contributed by atoms with E-state index < -0.39 is 20.0 Å². The van der Waals surface area contributed by atoms with Crippen LogP contribution in [0.3, 0.4) is 0 Å². The van der Waals surface area contributed by atoms with Gasteiger partial charge in [-0.2, -0.15) is 0 Å². The molecule has 0 rings (SSSR count). The highest BCUT2D eigenvalue weighted by atomic mass is 31.2. The molecule has 0 aromatic heterocycles. The predicted molar refractivity (Wildman–Crippen MR) is 383 cm³/mol. The molecule has 0 saturated carbocycles. The molecule has 0 bridgehead atoms. The van der Waals surface area contributed by atoms with E-state index in [4.69, 9.17) is 13.8 Å². The molecule has 0 fully saturated rings. The zero-order valence-electron chi connectivity index (χ0n) is 57.7. The molecule has 0 aliphatic rings. The molecule has 10 heteroatoms. The lowest BCUT2D eigenvalue weighted by Gasteiger charge is -2.27. The highest BCUT2D eigenvalue weighted by Gasteiger charge is 2.30. The van der Waals surface area contributed by atoms with Crippen molar-refractivity contribution in [2.45, 2.75) is 309 Å². The molecule has 0 saturated heterocycles. The summed E-state index contributed by atoms with van der Waals surface area (Å²) in [6, 6.07) is -0.870. The molecule has 0 radical (unpaired) electrons. The maximum Gasteiger partial charge on any atom is 0.472 e. The van der Waals surface area contributed by atoms with E-state index in [2.05, 4.69) is 148 Å². The number of ether oxygens (including phenoxy) is 1. The first kappa shape index (κ1) is 84.2. The van der Waals surface area contributed by atoms with Crippen LogP contribution in [-0.4, -0.2) is 74.3 Å². The smallest absolute Gasteiger partial charge is 0.456 e. The third-order valence-electron chi connectivity index (χ3n) is 15.3. The van der Waals surface area contributed by atoms with Gasteiger partial charge in [0.15, 0.2) is 0 Å². The van der Waals surface area contributed by atoms with E-state index in [0.29, 0.717) is 17.4 Å². The average Bonchev–Trinajstić information content (AvgIpc) is 3.71. The summed E-state index contributed by atoms with van der Waals surface area (Å²) >= 11 is 0. The van der Waals surface area contributed by atoms with Gasteiger partial charge in [-0.1, -0.05) is 290 Å². The van der Waals surface area contributed by atoms with Gasteiger partial charge in [0.1, 0.15) is 19.3 Å². The standard InChI is InChI=1S/C78H135N2O7P/c1-7-10-13-16-19-22-25-28-30-32-34-36-38-40-42-44-46-48-50-52-55-58-61-64-67-70-77(81)79-75(74-86-88(83,84)85-73-72-80(4,5)6)76(69-66-63-60-57-54-27-24-21-18-15-12-9-3)87-78(82)71-68-65-62-59-56-53-51-49-47-45-43-41-39-37-35-33-31-29-26-23-20-17-14-11-8-2/h10,13,19-20,22-23,28-31,34-37,40-43,46,48,66,69,75-76H,7-9,11-12,14-18,21,24-27,32-33,38-39,44-45,47,49-65,67-68,70-74H2,1-6H3,(H-,79,81,83,84)/p+1/b13-10-,22-19-,23-20-,30-28-,31-29-,36-34-,37-35-,42-40-,43-41-,48-46-,69-66+. The number of carbonyl (C=O) groups excluding carboxylic acids is 2. The highest BCUT2D eigenvalue weighted by Crippen LogP contribution is 2.43. The van der Waals surface area contributed by atoms with Gasteiger partial charge in [0.25, 0.3) is 0 Å². The fraction of sp³-hybridized carbons (Fsp3) is 0.692. The number of likely N-dealkylation sites (N-methyl/N-ethyl adjacent to an activating group) is 1. The second kappa shape index (κ2) is 66.1. The van der Waals surface area contributed by atoms with E-state index in [9.17, 15) is 19.0 Å². The zero-order chi connectivity index (χ0) is 64.2. The summed E-state index contributed by atoms with van der Waals surface area (Å²) in [5.74, 6) is -0.533. The van der Waals surface area contributed by atoms with Crippen molar-refractivity contribution in [1.82, 2.24) is 5.32 Å². The van der Waals surface area contributed by atoms with Crippen LogP contribution in [0.25, 0.3) is 0 Å². The molecule has 2 N–H and O–H groups in total.